The number of hydrogen-bond acceptors (Lipinski definition) is 7. The molecule has 1 rings (SSSR count). The number of phosphoric ester groups is 1. The second-order valence-electron chi connectivity index (χ2n) is 7.13. The Bertz CT molecular complexity index is 826. The van der Waals surface area contributed by atoms with Gasteiger partial charge in [0.25, 0.3) is 0 Å². The quantitative estimate of drug-likeness (QED) is 0.124. The summed E-state index contributed by atoms with van der Waals surface area (Å²) in [5.74, 6) is -0.859. The number of hydrogen-bond donors (Lipinski definition) is 2. The van der Waals surface area contributed by atoms with Gasteiger partial charge in [0.05, 0.1) is 26.4 Å². The number of phosphoric acid groups is 1. The van der Waals surface area contributed by atoms with E-state index < -0.39 is 19.9 Å². The minimum atomic E-state index is -4.27. The minimum absolute atomic E-state index is 0.0669. The zero-order valence-electron chi connectivity index (χ0n) is 19.9. The number of unbranched alkanes of at least 4 members (excludes halogenated alkanes) is 1. The van der Waals surface area contributed by atoms with E-state index in [-0.39, 0.29) is 32.8 Å². The number of carboxylic acid groups (broad SMARTS) is 1. The molecule has 2 unspecified atom stereocenters. The van der Waals surface area contributed by atoms with Crippen LogP contribution in [-0.4, -0.2) is 67.9 Å². The third kappa shape index (κ3) is 14.9. The number of rotatable bonds is 19. The van der Waals surface area contributed by atoms with Crippen LogP contribution < -0.4 is 0 Å². The number of ether oxygens (including phenoxy) is 2. The number of carboxylic acids is 1. The maximum atomic E-state index is 12.1. The smallest absolute Gasteiger partial charge is 0.472 e. The average Bonchev–Trinajstić information content (AvgIpc) is 2.82. The largest absolute Gasteiger partial charge is 0.481 e. The summed E-state index contributed by atoms with van der Waals surface area (Å²) in [7, 11) is -4.27. The molecule has 2 atom stereocenters. The van der Waals surface area contributed by atoms with Crippen LogP contribution in [0.3, 0.4) is 0 Å². The molecular weight excluding hydrogens is 461 g/mol. The SMILES string of the molecule is C\C=C(/C=C\C=N\CCOP(=O)(O)OCC(COCC)OCCCCC(=O)O)c1ccccc1. The van der Waals surface area contributed by atoms with Crippen molar-refractivity contribution in [3.8, 4) is 0 Å². The second-order valence-corrected chi connectivity index (χ2v) is 8.58. The Morgan fingerprint density at radius 3 is 2.59 bits per heavy atom. The van der Waals surface area contributed by atoms with Gasteiger partial charge < -0.3 is 19.5 Å². The molecule has 0 aliphatic carbocycles. The number of allylic oxidation sites excluding steroid dienone is 4. The molecule has 0 amide bonds. The van der Waals surface area contributed by atoms with Gasteiger partial charge in [-0.2, -0.15) is 0 Å². The summed E-state index contributed by atoms with van der Waals surface area (Å²) in [6.45, 7) is 4.64. The van der Waals surface area contributed by atoms with E-state index in [9.17, 15) is 14.3 Å². The van der Waals surface area contributed by atoms with Crippen molar-refractivity contribution >= 4 is 25.6 Å². The highest BCUT2D eigenvalue weighted by molar-refractivity contribution is 7.47. The minimum Gasteiger partial charge on any atom is -0.481 e. The highest BCUT2D eigenvalue weighted by Crippen LogP contribution is 2.43. The average molecular weight is 498 g/mol. The predicted octanol–water partition coefficient (Wildman–Crippen LogP) is 4.53. The zero-order valence-corrected chi connectivity index (χ0v) is 20.8. The molecule has 0 radical (unpaired) electrons. The summed E-state index contributed by atoms with van der Waals surface area (Å²) < 4.78 is 33.0. The molecule has 0 saturated carbocycles. The Morgan fingerprint density at radius 1 is 1.15 bits per heavy atom. The van der Waals surface area contributed by atoms with Gasteiger partial charge in [0, 0.05) is 25.8 Å². The summed E-state index contributed by atoms with van der Waals surface area (Å²) in [5, 5.41) is 8.65. The molecule has 34 heavy (non-hydrogen) atoms. The monoisotopic (exact) mass is 497 g/mol. The van der Waals surface area contributed by atoms with Gasteiger partial charge >= 0.3 is 13.8 Å². The molecule has 0 saturated heterocycles. The van der Waals surface area contributed by atoms with E-state index in [0.717, 1.165) is 11.1 Å². The second kappa shape index (κ2) is 18.2. The van der Waals surface area contributed by atoms with Gasteiger partial charge in [0.1, 0.15) is 6.10 Å². The third-order valence-electron chi connectivity index (χ3n) is 4.43. The van der Waals surface area contributed by atoms with E-state index in [1.165, 1.54) is 0 Å². The van der Waals surface area contributed by atoms with Crippen molar-refractivity contribution in [2.45, 2.75) is 39.2 Å². The Morgan fingerprint density at radius 2 is 1.91 bits per heavy atom. The molecule has 9 nitrogen and oxygen atoms in total. The van der Waals surface area contributed by atoms with Gasteiger partial charge in [-0.15, -0.1) is 0 Å². The number of nitrogens with zero attached hydrogens (tertiary/aromatic N) is 1. The zero-order chi connectivity index (χ0) is 25.1. The molecule has 190 valence electrons. The van der Waals surface area contributed by atoms with Gasteiger partial charge in [0.2, 0.25) is 0 Å². The molecule has 0 bridgehead atoms. The first kappa shape index (κ1) is 29.9. The van der Waals surface area contributed by atoms with Crippen molar-refractivity contribution in [1.82, 2.24) is 0 Å². The predicted molar refractivity (Wildman–Crippen MR) is 132 cm³/mol. The lowest BCUT2D eigenvalue weighted by Crippen LogP contribution is -2.26. The maximum Gasteiger partial charge on any atom is 0.472 e. The van der Waals surface area contributed by atoms with Crippen LogP contribution in [0.1, 0.15) is 38.7 Å². The van der Waals surface area contributed by atoms with Crippen LogP contribution in [-0.2, 0) is 27.9 Å². The van der Waals surface area contributed by atoms with Gasteiger partial charge in [-0.3, -0.25) is 18.8 Å². The van der Waals surface area contributed by atoms with Crippen molar-refractivity contribution in [2.24, 2.45) is 4.99 Å². The topological polar surface area (TPSA) is 124 Å². The molecule has 2 N–H and O–H groups in total. The van der Waals surface area contributed by atoms with E-state index in [1.807, 2.05) is 56.3 Å². The van der Waals surface area contributed by atoms with Gasteiger partial charge in [-0.05, 0) is 43.9 Å². The summed E-state index contributed by atoms with van der Waals surface area (Å²) in [5.41, 5.74) is 2.16. The number of carbonyl (C=O) groups is 1. The first-order chi connectivity index (χ1) is 16.4. The van der Waals surface area contributed by atoms with Crippen LogP contribution in [0, 0.1) is 0 Å². The van der Waals surface area contributed by atoms with Gasteiger partial charge in [-0.1, -0.05) is 42.5 Å². The molecule has 1 aromatic rings. The van der Waals surface area contributed by atoms with Crippen LogP contribution in [0.5, 0.6) is 0 Å². The maximum absolute atomic E-state index is 12.1. The highest BCUT2D eigenvalue weighted by Gasteiger charge is 2.23. The van der Waals surface area contributed by atoms with E-state index >= 15 is 0 Å². The molecule has 0 spiro atoms. The van der Waals surface area contributed by atoms with Crippen molar-refractivity contribution in [2.75, 3.05) is 39.6 Å². The van der Waals surface area contributed by atoms with E-state index in [0.29, 0.717) is 26.1 Å². The summed E-state index contributed by atoms with van der Waals surface area (Å²) >= 11 is 0. The Hall–Kier alpha value is -2.13. The number of aliphatic carboxylic acids is 1. The molecular formula is C24H36NO8P. The van der Waals surface area contributed by atoms with Crippen molar-refractivity contribution in [3.05, 3.63) is 54.1 Å². The molecule has 10 heteroatoms. The molecule has 0 aliphatic heterocycles. The van der Waals surface area contributed by atoms with E-state index in [1.54, 1.807) is 12.3 Å². The van der Waals surface area contributed by atoms with Gasteiger partial charge in [0.15, 0.2) is 0 Å². The number of benzene rings is 1. The van der Waals surface area contributed by atoms with E-state index in [2.05, 4.69) is 4.99 Å². The Balaban J connectivity index is 2.34. The first-order valence-electron chi connectivity index (χ1n) is 11.3. The molecule has 0 fully saturated rings. The lowest BCUT2D eigenvalue weighted by molar-refractivity contribution is -0.137. The lowest BCUT2D eigenvalue weighted by atomic mass is 10.1. The highest BCUT2D eigenvalue weighted by atomic mass is 31.2. The molecule has 0 aromatic heterocycles. The number of aliphatic imine (C=N–C) groups is 1. The fourth-order valence-electron chi connectivity index (χ4n) is 2.72. The van der Waals surface area contributed by atoms with Crippen LogP contribution in [0.2, 0.25) is 0 Å². The molecule has 0 heterocycles. The summed E-state index contributed by atoms with van der Waals surface area (Å²) in [6.07, 6.45) is 7.87. The lowest BCUT2D eigenvalue weighted by Gasteiger charge is -2.19. The first-order valence-corrected chi connectivity index (χ1v) is 12.8. The van der Waals surface area contributed by atoms with Crippen molar-refractivity contribution < 1.29 is 37.9 Å². The van der Waals surface area contributed by atoms with Crippen LogP contribution >= 0.6 is 7.82 Å². The van der Waals surface area contributed by atoms with Crippen LogP contribution in [0.15, 0.2) is 53.6 Å². The summed E-state index contributed by atoms with van der Waals surface area (Å²) in [6, 6.07) is 9.95. The standard InChI is InChI=1S/C24H36NO8P/c1-3-21(22-11-6-5-7-12-22)13-10-15-25-16-18-32-34(28,29)33-20-23(19-30-4-2)31-17-9-8-14-24(26)27/h3,5-7,10-13,15,23H,4,8-9,14,16-20H2,1-2H3,(H,26,27)(H,28,29)/b13-10-,21-3+,25-15+. The molecule has 1 aromatic carbocycles. The fraction of sp³-hybridized carbons (Fsp3) is 0.500. The summed E-state index contributed by atoms with van der Waals surface area (Å²) in [4.78, 5) is 24.5. The Kier molecular flexibility index (Phi) is 16.0. The van der Waals surface area contributed by atoms with Crippen molar-refractivity contribution in [1.29, 1.82) is 0 Å². The fourth-order valence-corrected chi connectivity index (χ4v) is 3.46. The third-order valence-corrected chi connectivity index (χ3v) is 5.41. The van der Waals surface area contributed by atoms with Crippen LogP contribution in [0.4, 0.5) is 0 Å². The van der Waals surface area contributed by atoms with Crippen LogP contribution in [0.25, 0.3) is 5.57 Å². The molecule has 0 aliphatic rings. The Labute approximate surface area is 201 Å². The van der Waals surface area contributed by atoms with E-state index in [4.69, 9.17) is 23.6 Å². The van der Waals surface area contributed by atoms with Crippen molar-refractivity contribution in [3.63, 3.8) is 0 Å². The van der Waals surface area contributed by atoms with Gasteiger partial charge in [-0.25, -0.2) is 4.57 Å². The normalized spacial score (nSPS) is 15.1.